The molecule has 1 aromatic carbocycles. The van der Waals surface area contributed by atoms with E-state index in [-0.39, 0.29) is 31.2 Å². The second kappa shape index (κ2) is 5.47. The van der Waals surface area contributed by atoms with Crippen molar-refractivity contribution in [3.8, 4) is 0 Å². The molecule has 2 heterocycles. The highest BCUT2D eigenvalue weighted by atomic mass is 32.2. The van der Waals surface area contributed by atoms with E-state index in [2.05, 4.69) is 5.32 Å². The molecule has 2 atom stereocenters. The van der Waals surface area contributed by atoms with Gasteiger partial charge in [0.05, 0.1) is 0 Å². The Morgan fingerprint density at radius 2 is 1.59 bits per heavy atom. The summed E-state index contributed by atoms with van der Waals surface area (Å²) in [6.45, 7) is 0.0728. The average Bonchev–Trinajstić information content (AvgIpc) is 2.75. The number of benzene rings is 1. The third-order valence-corrected chi connectivity index (χ3v) is 6.04. The van der Waals surface area contributed by atoms with Crippen LogP contribution in [-0.4, -0.2) is 37.9 Å². The van der Waals surface area contributed by atoms with Gasteiger partial charge in [-0.15, -0.1) is 0 Å². The van der Waals surface area contributed by atoms with E-state index in [1.807, 2.05) is 0 Å². The first-order chi connectivity index (χ1) is 10.3. The molecule has 0 saturated carbocycles. The zero-order chi connectivity index (χ0) is 16.1. The van der Waals surface area contributed by atoms with Crippen LogP contribution in [0.2, 0.25) is 0 Å². The topological polar surface area (TPSA) is 49.4 Å². The Hall–Kier alpha value is -1.19. The van der Waals surface area contributed by atoms with Crippen molar-refractivity contribution in [3.05, 3.63) is 29.3 Å². The predicted octanol–water partition coefficient (Wildman–Crippen LogP) is 1.76. The van der Waals surface area contributed by atoms with Crippen molar-refractivity contribution in [2.45, 2.75) is 36.2 Å². The number of fused-ring (bicyclic) bond motifs is 2. The van der Waals surface area contributed by atoms with E-state index < -0.39 is 38.2 Å². The molecule has 2 aliphatic heterocycles. The first-order valence-electron chi connectivity index (χ1n) is 6.90. The summed E-state index contributed by atoms with van der Waals surface area (Å²) in [7, 11) is -4.65. The van der Waals surface area contributed by atoms with Gasteiger partial charge in [-0.1, -0.05) is 0 Å². The molecule has 122 valence electrons. The summed E-state index contributed by atoms with van der Waals surface area (Å²) in [5.74, 6) is -7.23. The SMILES string of the molecule is O=S(=O)(c1c(F)c(F)cc(F)c1F)N1CCC2CCC(C1)N2. The summed E-state index contributed by atoms with van der Waals surface area (Å²) in [5.41, 5.74) is 0. The summed E-state index contributed by atoms with van der Waals surface area (Å²) >= 11 is 0. The second-order valence-corrected chi connectivity index (χ2v) is 7.46. The second-order valence-electron chi connectivity index (χ2n) is 5.59. The van der Waals surface area contributed by atoms with E-state index in [0.717, 1.165) is 17.1 Å². The van der Waals surface area contributed by atoms with Crippen LogP contribution in [0, 0.1) is 23.3 Å². The fourth-order valence-corrected chi connectivity index (χ4v) is 4.66. The molecule has 0 amide bonds. The third-order valence-electron chi connectivity index (χ3n) is 4.16. The molecule has 0 aromatic heterocycles. The van der Waals surface area contributed by atoms with E-state index in [0.29, 0.717) is 6.42 Å². The van der Waals surface area contributed by atoms with Crippen LogP contribution in [0.5, 0.6) is 0 Å². The van der Waals surface area contributed by atoms with Gasteiger partial charge in [0, 0.05) is 31.2 Å². The number of hydrogen-bond donors (Lipinski definition) is 1. The molecule has 0 aliphatic carbocycles. The fraction of sp³-hybridized carbons (Fsp3) is 0.538. The number of nitrogens with one attached hydrogen (secondary N) is 1. The Labute approximate surface area is 125 Å². The Balaban J connectivity index is 2.03. The van der Waals surface area contributed by atoms with E-state index >= 15 is 0 Å². The fourth-order valence-electron chi connectivity index (χ4n) is 3.04. The lowest BCUT2D eigenvalue weighted by Crippen LogP contribution is -2.39. The van der Waals surface area contributed by atoms with Crippen molar-refractivity contribution in [1.82, 2.24) is 9.62 Å². The summed E-state index contributed by atoms with van der Waals surface area (Å²) in [4.78, 5) is -1.55. The van der Waals surface area contributed by atoms with Gasteiger partial charge in [0.1, 0.15) is 0 Å². The molecule has 2 fully saturated rings. The predicted molar refractivity (Wildman–Crippen MR) is 69.6 cm³/mol. The average molecular weight is 338 g/mol. The first-order valence-corrected chi connectivity index (χ1v) is 8.34. The van der Waals surface area contributed by atoms with Crippen molar-refractivity contribution in [2.24, 2.45) is 0 Å². The van der Waals surface area contributed by atoms with Crippen LogP contribution in [0.4, 0.5) is 17.6 Å². The van der Waals surface area contributed by atoms with Crippen LogP contribution >= 0.6 is 0 Å². The Kier molecular flexibility index (Phi) is 3.90. The van der Waals surface area contributed by atoms with Gasteiger partial charge in [-0.05, 0) is 19.3 Å². The molecule has 3 rings (SSSR count). The maximum absolute atomic E-state index is 13.8. The monoisotopic (exact) mass is 338 g/mol. The molecule has 1 N–H and O–H groups in total. The zero-order valence-corrected chi connectivity index (χ0v) is 12.3. The van der Waals surface area contributed by atoms with Crippen LogP contribution in [0.3, 0.4) is 0 Å². The van der Waals surface area contributed by atoms with Gasteiger partial charge in [-0.2, -0.15) is 4.31 Å². The van der Waals surface area contributed by atoms with Crippen LogP contribution in [0.25, 0.3) is 0 Å². The molecule has 0 radical (unpaired) electrons. The molecule has 1 aromatic rings. The minimum Gasteiger partial charge on any atom is -0.310 e. The van der Waals surface area contributed by atoms with Crippen LogP contribution in [0.15, 0.2) is 11.0 Å². The molecule has 4 nitrogen and oxygen atoms in total. The largest absolute Gasteiger partial charge is 0.310 e. The van der Waals surface area contributed by atoms with Gasteiger partial charge < -0.3 is 5.32 Å². The lowest BCUT2D eigenvalue weighted by atomic mass is 10.1. The molecular formula is C13H14F4N2O2S. The van der Waals surface area contributed by atoms with Gasteiger partial charge in [-0.3, -0.25) is 0 Å². The maximum Gasteiger partial charge on any atom is 0.249 e. The van der Waals surface area contributed by atoms with Gasteiger partial charge >= 0.3 is 0 Å². The number of halogens is 4. The van der Waals surface area contributed by atoms with E-state index in [9.17, 15) is 26.0 Å². The van der Waals surface area contributed by atoms with E-state index in [1.165, 1.54) is 0 Å². The number of rotatable bonds is 2. The normalized spacial score (nSPS) is 26.2. The van der Waals surface area contributed by atoms with Crippen molar-refractivity contribution in [1.29, 1.82) is 0 Å². The number of hydrogen-bond acceptors (Lipinski definition) is 3. The first kappa shape index (κ1) is 15.7. The molecule has 22 heavy (non-hydrogen) atoms. The molecule has 0 spiro atoms. The minimum absolute atomic E-state index is 0.00434. The Morgan fingerprint density at radius 3 is 2.23 bits per heavy atom. The van der Waals surface area contributed by atoms with E-state index in [4.69, 9.17) is 0 Å². The molecule has 2 unspecified atom stereocenters. The van der Waals surface area contributed by atoms with Crippen molar-refractivity contribution >= 4 is 10.0 Å². The van der Waals surface area contributed by atoms with Gasteiger partial charge in [0.15, 0.2) is 28.2 Å². The number of sulfonamides is 1. The summed E-state index contributed by atoms with van der Waals surface area (Å²) in [6.07, 6.45) is 2.14. The molecule has 2 bridgehead atoms. The number of nitrogens with zero attached hydrogens (tertiary/aromatic N) is 1. The zero-order valence-electron chi connectivity index (χ0n) is 11.5. The maximum atomic E-state index is 13.8. The lowest BCUT2D eigenvalue weighted by Gasteiger charge is -2.24. The highest BCUT2D eigenvalue weighted by molar-refractivity contribution is 7.89. The molecule has 2 aliphatic rings. The smallest absolute Gasteiger partial charge is 0.249 e. The Bertz CT molecular complexity index is 684. The summed E-state index contributed by atoms with van der Waals surface area (Å²) in [5, 5.41) is 3.22. The van der Waals surface area contributed by atoms with Gasteiger partial charge in [-0.25, -0.2) is 26.0 Å². The standard InChI is InChI=1S/C13H14F4N2O2S/c14-9-5-10(15)12(17)13(11(9)16)22(20,21)19-4-3-7-1-2-8(6-19)18-7/h5,7-8,18H,1-4,6H2. The van der Waals surface area contributed by atoms with Gasteiger partial charge in [0.25, 0.3) is 0 Å². The van der Waals surface area contributed by atoms with Crippen molar-refractivity contribution in [2.75, 3.05) is 13.1 Å². The van der Waals surface area contributed by atoms with Crippen LogP contribution in [-0.2, 0) is 10.0 Å². The highest BCUT2D eigenvalue weighted by Gasteiger charge is 2.39. The molecule has 9 heteroatoms. The molecular weight excluding hydrogens is 324 g/mol. The summed E-state index contributed by atoms with van der Waals surface area (Å²) in [6, 6.07) is 0.0336. The quantitative estimate of drug-likeness (QED) is 0.660. The minimum atomic E-state index is -4.65. The van der Waals surface area contributed by atoms with Crippen LogP contribution < -0.4 is 5.32 Å². The Morgan fingerprint density at radius 1 is 1.00 bits per heavy atom. The third kappa shape index (κ3) is 2.50. The molecule has 2 saturated heterocycles. The highest BCUT2D eigenvalue weighted by Crippen LogP contribution is 2.29. The lowest BCUT2D eigenvalue weighted by molar-refractivity contribution is 0.368. The van der Waals surface area contributed by atoms with E-state index in [1.54, 1.807) is 0 Å². The van der Waals surface area contributed by atoms with Crippen molar-refractivity contribution in [3.63, 3.8) is 0 Å². The van der Waals surface area contributed by atoms with Gasteiger partial charge in [0.2, 0.25) is 10.0 Å². The summed E-state index contributed by atoms with van der Waals surface area (Å²) < 4.78 is 79.9. The van der Waals surface area contributed by atoms with Crippen molar-refractivity contribution < 1.29 is 26.0 Å². The van der Waals surface area contributed by atoms with Crippen LogP contribution in [0.1, 0.15) is 19.3 Å².